The predicted molar refractivity (Wildman–Crippen MR) is 73.0 cm³/mol. The minimum absolute atomic E-state index is 0.0540. The van der Waals surface area contributed by atoms with Crippen LogP contribution in [-0.4, -0.2) is 25.7 Å². The van der Waals surface area contributed by atoms with Crippen LogP contribution in [0.25, 0.3) is 10.1 Å². The maximum Gasteiger partial charge on any atom is 0.261 e. The fourth-order valence-corrected chi connectivity index (χ4v) is 3.05. The number of ether oxygens (including phenoxy) is 1. The van der Waals surface area contributed by atoms with E-state index >= 15 is 0 Å². The van der Waals surface area contributed by atoms with Crippen LogP contribution in [0, 0.1) is 11.2 Å². The van der Waals surface area contributed by atoms with Gasteiger partial charge in [-0.2, -0.15) is 0 Å². The third-order valence-corrected chi connectivity index (χ3v) is 4.38. The molecule has 0 radical (unpaired) electrons. The van der Waals surface area contributed by atoms with E-state index in [-0.39, 0.29) is 17.1 Å². The molecule has 1 aromatic carbocycles. The second-order valence-corrected chi connectivity index (χ2v) is 6.36. The first-order valence-electron chi connectivity index (χ1n) is 6.11. The fourth-order valence-electron chi connectivity index (χ4n) is 2.05. The van der Waals surface area contributed by atoms with Crippen molar-refractivity contribution in [2.75, 3.05) is 19.8 Å². The average molecular weight is 279 g/mol. The third kappa shape index (κ3) is 2.48. The molecule has 1 N–H and O–H groups in total. The van der Waals surface area contributed by atoms with Crippen molar-refractivity contribution in [1.82, 2.24) is 5.32 Å². The zero-order valence-electron chi connectivity index (χ0n) is 10.5. The molecule has 3 nitrogen and oxygen atoms in total. The normalized spacial score (nSPS) is 17.2. The number of rotatable bonds is 3. The van der Waals surface area contributed by atoms with Crippen molar-refractivity contribution >= 4 is 27.3 Å². The van der Waals surface area contributed by atoms with Gasteiger partial charge in [-0.25, -0.2) is 4.39 Å². The van der Waals surface area contributed by atoms with Gasteiger partial charge in [0.25, 0.3) is 5.91 Å². The van der Waals surface area contributed by atoms with E-state index in [4.69, 9.17) is 4.74 Å². The number of hydrogen-bond acceptors (Lipinski definition) is 3. The summed E-state index contributed by atoms with van der Waals surface area (Å²) < 4.78 is 19.0. The van der Waals surface area contributed by atoms with E-state index in [9.17, 15) is 9.18 Å². The molecule has 0 spiro atoms. The number of benzene rings is 1. The molecule has 2 heterocycles. The van der Waals surface area contributed by atoms with Gasteiger partial charge in [-0.05, 0) is 23.6 Å². The molecule has 0 aliphatic carbocycles. The number of thiophene rings is 1. The van der Waals surface area contributed by atoms with Crippen LogP contribution in [0.2, 0.25) is 0 Å². The van der Waals surface area contributed by atoms with Crippen LogP contribution in [0.5, 0.6) is 0 Å². The Morgan fingerprint density at radius 1 is 1.47 bits per heavy atom. The summed E-state index contributed by atoms with van der Waals surface area (Å²) in [5.74, 6) is -0.379. The van der Waals surface area contributed by atoms with Crippen molar-refractivity contribution in [2.45, 2.75) is 6.92 Å². The summed E-state index contributed by atoms with van der Waals surface area (Å²) >= 11 is 1.31. The van der Waals surface area contributed by atoms with Crippen LogP contribution in [0.15, 0.2) is 24.3 Å². The number of fused-ring (bicyclic) bond motifs is 1. The summed E-state index contributed by atoms with van der Waals surface area (Å²) in [6.45, 7) is 4.06. The van der Waals surface area contributed by atoms with Crippen LogP contribution < -0.4 is 5.32 Å². The molecule has 5 heteroatoms. The van der Waals surface area contributed by atoms with Gasteiger partial charge in [-0.15, -0.1) is 11.3 Å². The van der Waals surface area contributed by atoms with Crippen LogP contribution >= 0.6 is 11.3 Å². The topological polar surface area (TPSA) is 38.3 Å². The SMILES string of the molecule is CC1(CNC(=O)c2cc3ccc(F)cc3s2)COC1. The maximum atomic E-state index is 13.1. The summed E-state index contributed by atoms with van der Waals surface area (Å²) in [5.41, 5.74) is 0.0540. The molecule has 0 atom stereocenters. The Morgan fingerprint density at radius 2 is 2.26 bits per heavy atom. The molecule has 1 aliphatic rings. The lowest BCUT2D eigenvalue weighted by molar-refractivity contribution is -0.0978. The van der Waals surface area contributed by atoms with Crippen molar-refractivity contribution in [1.29, 1.82) is 0 Å². The molecule has 100 valence electrons. The fraction of sp³-hybridized carbons (Fsp3) is 0.357. The highest BCUT2D eigenvalue weighted by Crippen LogP contribution is 2.28. The van der Waals surface area contributed by atoms with Gasteiger partial charge in [0.05, 0.1) is 18.1 Å². The average Bonchev–Trinajstić information content (AvgIpc) is 2.76. The van der Waals surface area contributed by atoms with E-state index in [2.05, 4.69) is 12.2 Å². The van der Waals surface area contributed by atoms with Gasteiger partial charge in [0, 0.05) is 16.7 Å². The first-order chi connectivity index (χ1) is 9.06. The standard InChI is InChI=1S/C14H14FNO2S/c1-14(7-18-8-14)6-16-13(17)12-4-9-2-3-10(15)5-11(9)19-12/h2-5H,6-8H2,1H3,(H,16,17). The van der Waals surface area contributed by atoms with Gasteiger partial charge >= 0.3 is 0 Å². The Labute approximate surface area is 114 Å². The molecule has 3 rings (SSSR count). The Kier molecular flexibility index (Phi) is 3.03. The summed E-state index contributed by atoms with van der Waals surface area (Å²) in [6, 6.07) is 6.36. The van der Waals surface area contributed by atoms with Crippen molar-refractivity contribution < 1.29 is 13.9 Å². The molecule has 1 amide bonds. The first-order valence-corrected chi connectivity index (χ1v) is 6.92. The van der Waals surface area contributed by atoms with Crippen molar-refractivity contribution in [2.24, 2.45) is 5.41 Å². The number of hydrogen-bond donors (Lipinski definition) is 1. The van der Waals surface area contributed by atoms with Gasteiger partial charge in [0.15, 0.2) is 0 Å². The third-order valence-electron chi connectivity index (χ3n) is 3.28. The molecule has 19 heavy (non-hydrogen) atoms. The van der Waals surface area contributed by atoms with Gasteiger partial charge in [-0.3, -0.25) is 4.79 Å². The molecule has 0 bridgehead atoms. The summed E-state index contributed by atoms with van der Waals surface area (Å²) in [6.07, 6.45) is 0. The molecule has 1 fully saturated rings. The lowest BCUT2D eigenvalue weighted by Crippen LogP contribution is -2.48. The lowest BCUT2D eigenvalue weighted by Gasteiger charge is -2.37. The molecule has 1 aliphatic heterocycles. The lowest BCUT2D eigenvalue weighted by atomic mass is 9.89. The quantitative estimate of drug-likeness (QED) is 0.938. The van der Waals surface area contributed by atoms with Gasteiger partial charge in [-0.1, -0.05) is 13.0 Å². The van der Waals surface area contributed by atoms with Crippen molar-refractivity contribution in [3.63, 3.8) is 0 Å². The van der Waals surface area contributed by atoms with Gasteiger partial charge in [0.1, 0.15) is 5.82 Å². The van der Waals surface area contributed by atoms with Crippen LogP contribution in [0.3, 0.4) is 0 Å². The Bertz CT molecular complexity index is 633. The number of halogens is 1. The van der Waals surface area contributed by atoms with E-state index < -0.39 is 0 Å². The van der Waals surface area contributed by atoms with E-state index in [1.165, 1.54) is 23.5 Å². The number of nitrogens with one attached hydrogen (secondary N) is 1. The minimum atomic E-state index is -0.277. The zero-order chi connectivity index (χ0) is 13.5. The zero-order valence-corrected chi connectivity index (χ0v) is 11.3. The van der Waals surface area contributed by atoms with Crippen LogP contribution in [-0.2, 0) is 4.74 Å². The summed E-state index contributed by atoms with van der Waals surface area (Å²) in [4.78, 5) is 12.7. The van der Waals surface area contributed by atoms with Crippen LogP contribution in [0.1, 0.15) is 16.6 Å². The van der Waals surface area contributed by atoms with Crippen LogP contribution in [0.4, 0.5) is 4.39 Å². The molecule has 0 saturated carbocycles. The molecular formula is C14H14FNO2S. The van der Waals surface area contributed by atoms with E-state index in [0.29, 0.717) is 24.6 Å². The minimum Gasteiger partial charge on any atom is -0.380 e. The van der Waals surface area contributed by atoms with E-state index in [1.54, 1.807) is 12.1 Å². The molecular weight excluding hydrogens is 265 g/mol. The van der Waals surface area contributed by atoms with Crippen molar-refractivity contribution in [3.05, 3.63) is 35.0 Å². The second-order valence-electron chi connectivity index (χ2n) is 5.28. The monoisotopic (exact) mass is 279 g/mol. The highest BCUT2D eigenvalue weighted by atomic mass is 32.1. The number of carbonyl (C=O) groups excluding carboxylic acids is 1. The van der Waals surface area contributed by atoms with Gasteiger partial charge < -0.3 is 10.1 Å². The van der Waals surface area contributed by atoms with Gasteiger partial charge in [0.2, 0.25) is 0 Å². The number of amides is 1. The summed E-state index contributed by atoms with van der Waals surface area (Å²) in [7, 11) is 0. The maximum absolute atomic E-state index is 13.1. The molecule has 0 unspecified atom stereocenters. The molecule has 1 saturated heterocycles. The number of carbonyl (C=O) groups is 1. The summed E-state index contributed by atoms with van der Waals surface area (Å²) in [5, 5.41) is 3.81. The Hall–Kier alpha value is -1.46. The highest BCUT2D eigenvalue weighted by Gasteiger charge is 2.33. The Morgan fingerprint density at radius 3 is 2.95 bits per heavy atom. The van der Waals surface area contributed by atoms with Crippen molar-refractivity contribution in [3.8, 4) is 0 Å². The first kappa shape index (κ1) is 12.6. The molecule has 1 aromatic heterocycles. The second kappa shape index (κ2) is 4.58. The van der Waals surface area contributed by atoms with E-state index in [0.717, 1.165) is 10.1 Å². The largest absolute Gasteiger partial charge is 0.380 e. The van der Waals surface area contributed by atoms with E-state index in [1.807, 2.05) is 0 Å². The molecule has 2 aromatic rings. The smallest absolute Gasteiger partial charge is 0.261 e. The predicted octanol–water partition coefficient (Wildman–Crippen LogP) is 2.81. The Balaban J connectivity index is 1.74. The highest BCUT2D eigenvalue weighted by molar-refractivity contribution is 7.20.